The lowest BCUT2D eigenvalue weighted by atomic mass is 10.2. The fourth-order valence-corrected chi connectivity index (χ4v) is 2.77. The van der Waals surface area contributed by atoms with Crippen molar-refractivity contribution in [3.05, 3.63) is 44.7 Å². The van der Waals surface area contributed by atoms with Gasteiger partial charge in [0.05, 0.1) is 17.1 Å². The largest absolute Gasteiger partial charge is 0.369 e. The van der Waals surface area contributed by atoms with Crippen LogP contribution in [0.15, 0.2) is 24.4 Å². The summed E-state index contributed by atoms with van der Waals surface area (Å²) < 4.78 is 0. The molecule has 2 rings (SSSR count). The average molecular weight is 310 g/mol. The minimum atomic E-state index is -0.173. The molecule has 0 spiro atoms. The molecule has 20 heavy (non-hydrogen) atoms. The number of aryl methyl sites for hydroxylation is 1. The molecule has 1 amide bonds. The molecule has 0 aliphatic carbocycles. The Balaban J connectivity index is 2.00. The van der Waals surface area contributed by atoms with E-state index in [2.05, 4.69) is 15.6 Å². The van der Waals surface area contributed by atoms with Gasteiger partial charge in [-0.1, -0.05) is 11.6 Å². The molecule has 0 aromatic carbocycles. The Bertz CT molecular complexity index is 612. The van der Waals surface area contributed by atoms with E-state index in [9.17, 15) is 4.79 Å². The lowest BCUT2D eigenvalue weighted by Crippen LogP contribution is -2.22. The number of nitrogens with zero attached hydrogens (tertiary/aromatic N) is 1. The molecule has 106 valence electrons. The van der Waals surface area contributed by atoms with E-state index in [-0.39, 0.29) is 5.91 Å². The Labute approximate surface area is 127 Å². The lowest BCUT2D eigenvalue weighted by Gasteiger charge is -2.07. The van der Waals surface area contributed by atoms with Gasteiger partial charge < -0.3 is 10.6 Å². The minimum absolute atomic E-state index is 0.173. The highest BCUT2D eigenvalue weighted by Crippen LogP contribution is 2.20. The summed E-state index contributed by atoms with van der Waals surface area (Å²) in [5.41, 5.74) is 0.463. The van der Waals surface area contributed by atoms with E-state index in [4.69, 9.17) is 11.6 Å². The van der Waals surface area contributed by atoms with Gasteiger partial charge in [0.1, 0.15) is 5.82 Å². The lowest BCUT2D eigenvalue weighted by molar-refractivity contribution is 0.0951. The number of nitrogens with one attached hydrogen (secondary N) is 2. The van der Waals surface area contributed by atoms with Gasteiger partial charge in [0.15, 0.2) is 0 Å². The zero-order chi connectivity index (χ0) is 14.5. The van der Waals surface area contributed by atoms with Crippen LogP contribution in [0, 0.1) is 6.92 Å². The summed E-state index contributed by atoms with van der Waals surface area (Å²) in [6.45, 7) is 5.25. The third-order valence-electron chi connectivity index (χ3n) is 2.67. The number of rotatable bonds is 5. The van der Waals surface area contributed by atoms with Gasteiger partial charge in [-0.15, -0.1) is 11.3 Å². The zero-order valence-electron chi connectivity index (χ0n) is 11.4. The Kier molecular flexibility index (Phi) is 4.98. The number of thiophene rings is 1. The molecule has 0 saturated carbocycles. The van der Waals surface area contributed by atoms with E-state index in [0.717, 1.165) is 11.4 Å². The van der Waals surface area contributed by atoms with Gasteiger partial charge in [0.2, 0.25) is 0 Å². The topological polar surface area (TPSA) is 54.0 Å². The number of amides is 1. The van der Waals surface area contributed by atoms with Crippen molar-refractivity contribution in [3.63, 3.8) is 0 Å². The second-order valence-corrected chi connectivity index (χ2v) is 6.06. The Morgan fingerprint density at radius 3 is 2.85 bits per heavy atom. The fourth-order valence-electron chi connectivity index (χ4n) is 1.71. The summed E-state index contributed by atoms with van der Waals surface area (Å²) in [6.07, 6.45) is 1.53. The molecule has 0 unspecified atom stereocenters. The van der Waals surface area contributed by atoms with Gasteiger partial charge in [0, 0.05) is 22.5 Å². The smallest absolute Gasteiger partial charge is 0.253 e. The maximum Gasteiger partial charge on any atom is 0.253 e. The summed E-state index contributed by atoms with van der Waals surface area (Å²) in [6, 6.07) is 5.68. The molecule has 0 aliphatic rings. The second kappa shape index (κ2) is 6.72. The SMILES string of the molecule is CCNc1ncc(C(=O)NCc2ccc(C)s2)cc1Cl. The molecule has 2 aromatic heterocycles. The molecular formula is C14H16ClN3OS. The molecule has 2 heterocycles. The van der Waals surface area contributed by atoms with Crippen molar-refractivity contribution >= 4 is 34.7 Å². The van der Waals surface area contributed by atoms with Crippen LogP contribution < -0.4 is 10.6 Å². The Morgan fingerprint density at radius 1 is 1.45 bits per heavy atom. The molecule has 0 radical (unpaired) electrons. The first kappa shape index (κ1) is 14.8. The molecule has 2 N–H and O–H groups in total. The third kappa shape index (κ3) is 3.71. The Morgan fingerprint density at radius 2 is 2.25 bits per heavy atom. The molecule has 0 bridgehead atoms. The van der Waals surface area contributed by atoms with Crippen LogP contribution in [-0.4, -0.2) is 17.4 Å². The van der Waals surface area contributed by atoms with Crippen LogP contribution in [0.4, 0.5) is 5.82 Å². The molecule has 4 nitrogen and oxygen atoms in total. The van der Waals surface area contributed by atoms with Crippen molar-refractivity contribution in [1.29, 1.82) is 0 Å². The number of halogens is 1. The molecule has 0 aliphatic heterocycles. The third-order valence-corrected chi connectivity index (χ3v) is 3.96. The highest BCUT2D eigenvalue weighted by atomic mass is 35.5. The predicted molar refractivity (Wildman–Crippen MR) is 83.6 cm³/mol. The number of pyridine rings is 1. The van der Waals surface area contributed by atoms with Crippen molar-refractivity contribution in [2.24, 2.45) is 0 Å². The molecule has 2 aromatic rings. The maximum absolute atomic E-state index is 12.0. The number of hydrogen-bond acceptors (Lipinski definition) is 4. The van der Waals surface area contributed by atoms with Crippen LogP contribution in [-0.2, 0) is 6.54 Å². The van der Waals surface area contributed by atoms with E-state index < -0.39 is 0 Å². The van der Waals surface area contributed by atoms with Gasteiger partial charge in [-0.25, -0.2) is 4.98 Å². The summed E-state index contributed by atoms with van der Waals surface area (Å²) >= 11 is 7.74. The second-order valence-electron chi connectivity index (χ2n) is 4.28. The first-order chi connectivity index (χ1) is 9.60. The normalized spacial score (nSPS) is 10.3. The van der Waals surface area contributed by atoms with Gasteiger partial charge >= 0.3 is 0 Å². The van der Waals surface area contributed by atoms with Gasteiger partial charge in [-0.05, 0) is 32.0 Å². The predicted octanol–water partition coefficient (Wildman–Crippen LogP) is 3.47. The molecule has 0 atom stereocenters. The van der Waals surface area contributed by atoms with Crippen LogP contribution in [0.5, 0.6) is 0 Å². The van der Waals surface area contributed by atoms with Crippen LogP contribution >= 0.6 is 22.9 Å². The maximum atomic E-state index is 12.0. The van der Waals surface area contributed by atoms with Gasteiger partial charge in [-0.2, -0.15) is 0 Å². The summed E-state index contributed by atoms with van der Waals surface area (Å²) in [4.78, 5) is 18.5. The number of aromatic nitrogens is 1. The standard InChI is InChI=1S/C14H16ClN3OS/c1-3-16-13-12(15)6-10(7-17-13)14(19)18-8-11-5-4-9(2)20-11/h4-7H,3,8H2,1-2H3,(H,16,17)(H,18,19). The van der Waals surface area contributed by atoms with Gasteiger partial charge in [-0.3, -0.25) is 4.79 Å². The van der Waals surface area contributed by atoms with Crippen molar-refractivity contribution in [1.82, 2.24) is 10.3 Å². The minimum Gasteiger partial charge on any atom is -0.369 e. The first-order valence-electron chi connectivity index (χ1n) is 6.33. The van der Waals surface area contributed by atoms with Gasteiger partial charge in [0.25, 0.3) is 5.91 Å². The van der Waals surface area contributed by atoms with E-state index in [1.54, 1.807) is 17.4 Å². The summed E-state index contributed by atoms with van der Waals surface area (Å²) in [7, 11) is 0. The zero-order valence-corrected chi connectivity index (χ0v) is 12.9. The summed E-state index contributed by atoms with van der Waals surface area (Å²) in [5.74, 6) is 0.424. The first-order valence-corrected chi connectivity index (χ1v) is 7.52. The van der Waals surface area contributed by atoms with Crippen LogP contribution in [0.3, 0.4) is 0 Å². The average Bonchev–Trinajstić information content (AvgIpc) is 2.84. The van der Waals surface area contributed by atoms with Crippen LogP contribution in [0.1, 0.15) is 27.0 Å². The number of anilines is 1. The molecule has 0 fully saturated rings. The molecule has 0 saturated heterocycles. The van der Waals surface area contributed by atoms with Crippen molar-refractivity contribution < 1.29 is 4.79 Å². The van der Waals surface area contributed by atoms with E-state index in [1.165, 1.54) is 11.1 Å². The fraction of sp³-hybridized carbons (Fsp3) is 0.286. The summed E-state index contributed by atoms with van der Waals surface area (Å²) in [5, 5.41) is 6.34. The van der Waals surface area contributed by atoms with E-state index >= 15 is 0 Å². The number of carbonyl (C=O) groups is 1. The van der Waals surface area contributed by atoms with E-state index in [1.807, 2.05) is 26.0 Å². The monoisotopic (exact) mass is 309 g/mol. The van der Waals surface area contributed by atoms with Crippen LogP contribution in [0.25, 0.3) is 0 Å². The van der Waals surface area contributed by atoms with Crippen LogP contribution in [0.2, 0.25) is 5.02 Å². The highest BCUT2D eigenvalue weighted by Gasteiger charge is 2.09. The van der Waals surface area contributed by atoms with Crippen molar-refractivity contribution in [2.75, 3.05) is 11.9 Å². The van der Waals surface area contributed by atoms with Crippen molar-refractivity contribution in [2.45, 2.75) is 20.4 Å². The molecule has 6 heteroatoms. The van der Waals surface area contributed by atoms with Crippen molar-refractivity contribution in [3.8, 4) is 0 Å². The van der Waals surface area contributed by atoms with E-state index in [0.29, 0.717) is 22.9 Å². The highest BCUT2D eigenvalue weighted by molar-refractivity contribution is 7.11. The number of hydrogen-bond donors (Lipinski definition) is 2. The number of carbonyl (C=O) groups excluding carboxylic acids is 1. The quantitative estimate of drug-likeness (QED) is 0.889. The Hall–Kier alpha value is -1.59. The molecular weight excluding hydrogens is 294 g/mol.